The SMILES string of the molecule is COc1ccccc1COC(=O)[C@@H](C)N1C(=O)c2ccccc2C1=O. The molecule has 0 fully saturated rings. The molecule has 2 aromatic rings. The van der Waals surface area contributed by atoms with Gasteiger partial charge in [-0.25, -0.2) is 4.79 Å². The van der Waals surface area contributed by atoms with Crippen LogP contribution in [0.5, 0.6) is 5.75 Å². The zero-order valence-corrected chi connectivity index (χ0v) is 13.9. The molecule has 1 heterocycles. The van der Waals surface area contributed by atoms with Crippen molar-refractivity contribution in [2.24, 2.45) is 0 Å². The van der Waals surface area contributed by atoms with Crippen LogP contribution >= 0.6 is 0 Å². The lowest BCUT2D eigenvalue weighted by Gasteiger charge is -2.21. The molecule has 0 bridgehead atoms. The fourth-order valence-corrected chi connectivity index (χ4v) is 2.76. The van der Waals surface area contributed by atoms with Gasteiger partial charge in [-0.1, -0.05) is 30.3 Å². The van der Waals surface area contributed by atoms with Crippen molar-refractivity contribution >= 4 is 17.8 Å². The number of carbonyl (C=O) groups is 3. The van der Waals surface area contributed by atoms with Gasteiger partial charge in [0.2, 0.25) is 0 Å². The third kappa shape index (κ3) is 2.98. The number of esters is 1. The summed E-state index contributed by atoms with van der Waals surface area (Å²) in [5.74, 6) is -1.02. The van der Waals surface area contributed by atoms with Crippen molar-refractivity contribution in [1.29, 1.82) is 0 Å². The average molecular weight is 339 g/mol. The van der Waals surface area contributed by atoms with Crippen LogP contribution < -0.4 is 4.74 Å². The summed E-state index contributed by atoms with van der Waals surface area (Å²) in [6.45, 7) is 1.47. The number of rotatable bonds is 5. The molecule has 0 N–H and O–H groups in total. The third-order valence-corrected chi connectivity index (χ3v) is 4.12. The summed E-state index contributed by atoms with van der Waals surface area (Å²) in [6.07, 6.45) is 0. The van der Waals surface area contributed by atoms with E-state index in [0.717, 1.165) is 4.90 Å². The van der Waals surface area contributed by atoms with Crippen molar-refractivity contribution in [3.63, 3.8) is 0 Å². The van der Waals surface area contributed by atoms with E-state index in [0.29, 0.717) is 22.4 Å². The van der Waals surface area contributed by atoms with Crippen LogP contribution in [0.4, 0.5) is 0 Å². The Morgan fingerprint density at radius 3 is 2.16 bits per heavy atom. The van der Waals surface area contributed by atoms with E-state index in [1.54, 1.807) is 42.5 Å². The molecule has 128 valence electrons. The fraction of sp³-hybridized carbons (Fsp3) is 0.211. The highest BCUT2D eigenvalue weighted by atomic mass is 16.5. The lowest BCUT2D eigenvalue weighted by atomic mass is 10.1. The maximum absolute atomic E-state index is 12.4. The summed E-state index contributed by atoms with van der Waals surface area (Å²) < 4.78 is 10.5. The van der Waals surface area contributed by atoms with Crippen molar-refractivity contribution < 1.29 is 23.9 Å². The van der Waals surface area contributed by atoms with Crippen molar-refractivity contribution in [3.8, 4) is 5.75 Å². The molecule has 25 heavy (non-hydrogen) atoms. The number of hydrogen-bond acceptors (Lipinski definition) is 5. The van der Waals surface area contributed by atoms with Crippen molar-refractivity contribution in [2.75, 3.05) is 7.11 Å². The van der Waals surface area contributed by atoms with Crippen LogP contribution in [0.1, 0.15) is 33.2 Å². The highest BCUT2D eigenvalue weighted by Crippen LogP contribution is 2.25. The van der Waals surface area contributed by atoms with E-state index >= 15 is 0 Å². The first kappa shape index (κ1) is 16.7. The van der Waals surface area contributed by atoms with Crippen molar-refractivity contribution in [2.45, 2.75) is 19.6 Å². The summed E-state index contributed by atoms with van der Waals surface area (Å²) in [5.41, 5.74) is 1.31. The third-order valence-electron chi connectivity index (χ3n) is 4.12. The van der Waals surface area contributed by atoms with Crippen LogP contribution in [-0.4, -0.2) is 35.8 Å². The molecular formula is C19H17NO5. The Hall–Kier alpha value is -3.15. The van der Waals surface area contributed by atoms with E-state index in [-0.39, 0.29) is 6.61 Å². The molecule has 0 unspecified atom stereocenters. The van der Waals surface area contributed by atoms with Crippen LogP contribution in [0.15, 0.2) is 48.5 Å². The fourth-order valence-electron chi connectivity index (χ4n) is 2.76. The quantitative estimate of drug-likeness (QED) is 0.618. The molecule has 1 aliphatic rings. The van der Waals surface area contributed by atoms with Gasteiger partial charge >= 0.3 is 5.97 Å². The molecule has 3 rings (SSSR count). The van der Waals surface area contributed by atoms with E-state index in [4.69, 9.17) is 9.47 Å². The lowest BCUT2D eigenvalue weighted by Crippen LogP contribution is -2.43. The molecule has 0 saturated heterocycles. The van der Waals surface area contributed by atoms with E-state index in [2.05, 4.69) is 0 Å². The maximum Gasteiger partial charge on any atom is 0.329 e. The van der Waals surface area contributed by atoms with Gasteiger partial charge in [-0.2, -0.15) is 0 Å². The number of carbonyl (C=O) groups excluding carboxylic acids is 3. The maximum atomic E-state index is 12.4. The number of nitrogens with zero attached hydrogens (tertiary/aromatic N) is 1. The Morgan fingerprint density at radius 2 is 1.56 bits per heavy atom. The standard InChI is InChI=1S/C19H17NO5/c1-12(19(23)25-11-13-7-3-6-10-16(13)24-2)20-17(21)14-8-4-5-9-15(14)18(20)22/h3-10,12H,11H2,1-2H3/t12-/m1/s1. The molecule has 0 saturated carbocycles. The number of para-hydroxylation sites is 1. The second-order valence-electron chi connectivity index (χ2n) is 5.62. The Morgan fingerprint density at radius 1 is 1.00 bits per heavy atom. The minimum absolute atomic E-state index is 0.00362. The molecule has 1 atom stereocenters. The minimum atomic E-state index is -1.01. The summed E-state index contributed by atoms with van der Waals surface area (Å²) in [6, 6.07) is 12.6. The van der Waals surface area contributed by atoms with Gasteiger partial charge in [0, 0.05) is 5.56 Å². The van der Waals surface area contributed by atoms with E-state index in [1.165, 1.54) is 14.0 Å². The second-order valence-corrected chi connectivity index (χ2v) is 5.62. The highest BCUT2D eigenvalue weighted by molar-refractivity contribution is 6.22. The number of benzene rings is 2. The average Bonchev–Trinajstić information content (AvgIpc) is 2.90. The van der Waals surface area contributed by atoms with Gasteiger partial charge in [0.1, 0.15) is 18.4 Å². The first-order valence-electron chi connectivity index (χ1n) is 7.80. The summed E-state index contributed by atoms with van der Waals surface area (Å²) in [7, 11) is 1.53. The summed E-state index contributed by atoms with van der Waals surface area (Å²) in [5, 5.41) is 0. The molecular weight excluding hydrogens is 322 g/mol. The number of imide groups is 1. The van der Waals surface area contributed by atoms with Gasteiger partial charge in [-0.3, -0.25) is 14.5 Å². The number of hydrogen-bond donors (Lipinski definition) is 0. The normalized spacial score (nSPS) is 14.2. The lowest BCUT2D eigenvalue weighted by molar-refractivity contribution is -0.149. The highest BCUT2D eigenvalue weighted by Gasteiger charge is 2.41. The molecule has 6 heteroatoms. The summed E-state index contributed by atoms with van der Waals surface area (Å²) in [4.78, 5) is 38.1. The number of ether oxygens (including phenoxy) is 2. The van der Waals surface area contributed by atoms with Crippen molar-refractivity contribution in [3.05, 3.63) is 65.2 Å². The van der Waals surface area contributed by atoms with Crippen LogP contribution in [0.2, 0.25) is 0 Å². The number of amides is 2. The molecule has 6 nitrogen and oxygen atoms in total. The molecule has 0 aromatic heterocycles. The molecule has 0 spiro atoms. The molecule has 2 amide bonds. The van der Waals surface area contributed by atoms with E-state index < -0.39 is 23.8 Å². The van der Waals surface area contributed by atoms with Crippen LogP contribution in [0, 0.1) is 0 Å². The van der Waals surface area contributed by atoms with Gasteiger partial charge in [-0.05, 0) is 25.1 Å². The first-order chi connectivity index (χ1) is 12.0. The zero-order valence-electron chi connectivity index (χ0n) is 13.9. The summed E-state index contributed by atoms with van der Waals surface area (Å²) >= 11 is 0. The second kappa shape index (κ2) is 6.76. The predicted molar refractivity (Wildman–Crippen MR) is 89.2 cm³/mol. The monoisotopic (exact) mass is 339 g/mol. The number of methoxy groups -OCH3 is 1. The van der Waals surface area contributed by atoms with Gasteiger partial charge < -0.3 is 9.47 Å². The van der Waals surface area contributed by atoms with E-state index in [9.17, 15) is 14.4 Å². The molecule has 2 aromatic carbocycles. The molecule has 1 aliphatic heterocycles. The minimum Gasteiger partial charge on any atom is -0.496 e. The number of fused-ring (bicyclic) bond motifs is 1. The van der Waals surface area contributed by atoms with E-state index in [1.807, 2.05) is 6.07 Å². The van der Waals surface area contributed by atoms with Gasteiger partial charge in [0.05, 0.1) is 18.2 Å². The van der Waals surface area contributed by atoms with Gasteiger partial charge in [0.15, 0.2) is 0 Å². The molecule has 0 aliphatic carbocycles. The zero-order chi connectivity index (χ0) is 18.0. The Bertz CT molecular complexity index is 810. The Kier molecular flexibility index (Phi) is 4.52. The van der Waals surface area contributed by atoms with Crippen LogP contribution in [0.3, 0.4) is 0 Å². The Balaban J connectivity index is 1.71. The van der Waals surface area contributed by atoms with Crippen LogP contribution in [0.25, 0.3) is 0 Å². The Labute approximate surface area is 145 Å². The van der Waals surface area contributed by atoms with Gasteiger partial charge in [0.25, 0.3) is 11.8 Å². The largest absolute Gasteiger partial charge is 0.496 e. The topological polar surface area (TPSA) is 72.9 Å². The predicted octanol–water partition coefficient (Wildman–Crippen LogP) is 2.42. The molecule has 0 radical (unpaired) electrons. The van der Waals surface area contributed by atoms with Gasteiger partial charge in [-0.15, -0.1) is 0 Å². The van der Waals surface area contributed by atoms with Crippen molar-refractivity contribution in [1.82, 2.24) is 4.90 Å². The first-order valence-corrected chi connectivity index (χ1v) is 7.80. The van der Waals surface area contributed by atoms with Crippen LogP contribution in [-0.2, 0) is 16.1 Å². The smallest absolute Gasteiger partial charge is 0.329 e.